The number of rotatable bonds is 10. The Balaban J connectivity index is 1.31. The van der Waals surface area contributed by atoms with E-state index in [1.165, 1.54) is 5.56 Å². The summed E-state index contributed by atoms with van der Waals surface area (Å²) in [6.45, 7) is 9.82. The van der Waals surface area contributed by atoms with Crippen molar-refractivity contribution in [2.75, 3.05) is 38.7 Å². The first-order chi connectivity index (χ1) is 19.0. The van der Waals surface area contributed by atoms with Crippen molar-refractivity contribution >= 4 is 22.3 Å². The minimum atomic E-state index is -0.189. The van der Waals surface area contributed by atoms with Crippen LogP contribution in [-0.4, -0.2) is 53.2 Å². The number of H-pyrrole nitrogens is 1. The van der Waals surface area contributed by atoms with Gasteiger partial charge in [0, 0.05) is 36.6 Å². The number of hydrogen-bond donors (Lipinski definition) is 2. The highest BCUT2D eigenvalue weighted by atomic mass is 16.5. The molecule has 0 amide bonds. The van der Waals surface area contributed by atoms with Crippen molar-refractivity contribution in [1.82, 2.24) is 19.9 Å². The van der Waals surface area contributed by atoms with Gasteiger partial charge in [-0.1, -0.05) is 18.7 Å². The Kier molecular flexibility index (Phi) is 8.22. The average molecular weight is 526 g/mol. The van der Waals surface area contributed by atoms with Crippen LogP contribution in [0.25, 0.3) is 22.0 Å². The van der Waals surface area contributed by atoms with Crippen LogP contribution in [0, 0.1) is 0 Å². The van der Waals surface area contributed by atoms with E-state index in [0.29, 0.717) is 35.2 Å². The SMILES string of the molecule is C=C(CCN1CCC(c2ccc(Nc3nc(-c4cncc(OC)c4)cc4cc[nH]c(=O)c34)cc2)CC1)OCC. The van der Waals surface area contributed by atoms with Crippen molar-refractivity contribution < 1.29 is 9.47 Å². The van der Waals surface area contributed by atoms with Crippen LogP contribution in [-0.2, 0) is 4.74 Å². The van der Waals surface area contributed by atoms with E-state index in [1.54, 1.807) is 25.7 Å². The van der Waals surface area contributed by atoms with E-state index in [2.05, 4.69) is 51.0 Å². The lowest BCUT2D eigenvalue weighted by atomic mass is 9.89. The topological polar surface area (TPSA) is 92.4 Å². The van der Waals surface area contributed by atoms with Crippen molar-refractivity contribution in [2.45, 2.75) is 32.1 Å². The van der Waals surface area contributed by atoms with Crippen molar-refractivity contribution in [3.8, 4) is 17.0 Å². The molecule has 0 aliphatic carbocycles. The first-order valence-corrected chi connectivity index (χ1v) is 13.5. The molecule has 5 rings (SSSR count). The van der Waals surface area contributed by atoms with Gasteiger partial charge >= 0.3 is 0 Å². The fourth-order valence-electron chi connectivity index (χ4n) is 5.15. The lowest BCUT2D eigenvalue weighted by molar-refractivity contribution is 0.180. The molecule has 1 aliphatic heterocycles. The molecule has 4 heterocycles. The molecule has 2 N–H and O–H groups in total. The van der Waals surface area contributed by atoms with E-state index in [4.69, 9.17) is 14.5 Å². The molecule has 1 aromatic carbocycles. The summed E-state index contributed by atoms with van der Waals surface area (Å²) in [7, 11) is 1.61. The molecular formula is C31H35N5O3. The summed E-state index contributed by atoms with van der Waals surface area (Å²) in [5.74, 6) is 2.56. The number of pyridine rings is 3. The Labute approximate surface area is 228 Å². The van der Waals surface area contributed by atoms with E-state index in [9.17, 15) is 4.79 Å². The molecule has 1 saturated heterocycles. The van der Waals surface area contributed by atoms with Gasteiger partial charge in [-0.2, -0.15) is 0 Å². The number of nitrogens with one attached hydrogen (secondary N) is 2. The molecule has 8 nitrogen and oxygen atoms in total. The highest BCUT2D eigenvalue weighted by molar-refractivity contribution is 5.95. The standard InChI is InChI=1S/C31H35N5O3/c1-4-39-21(2)10-14-36-15-11-23(12-16-36)22-5-7-26(8-6-22)34-30-29-24(9-13-33-31(29)37)18-28(35-30)25-17-27(38-3)20-32-19-25/h5-9,13,17-20,23H,2,4,10-12,14-16H2,1,3H3,(H,33,37)(H,34,35). The molecule has 202 valence electrons. The quantitative estimate of drug-likeness (QED) is 0.251. The predicted octanol–water partition coefficient (Wildman–Crippen LogP) is 5.86. The predicted molar refractivity (Wildman–Crippen MR) is 156 cm³/mol. The highest BCUT2D eigenvalue weighted by Gasteiger charge is 2.21. The molecule has 0 saturated carbocycles. The minimum absolute atomic E-state index is 0.189. The number of benzene rings is 1. The Hall–Kier alpha value is -4.17. The summed E-state index contributed by atoms with van der Waals surface area (Å²) in [6.07, 6.45) is 8.19. The van der Waals surface area contributed by atoms with Crippen LogP contribution in [0.5, 0.6) is 5.75 Å². The Morgan fingerprint density at radius 2 is 1.95 bits per heavy atom. The largest absolute Gasteiger partial charge is 0.499 e. The first-order valence-electron chi connectivity index (χ1n) is 13.5. The number of aromatic nitrogens is 3. The van der Waals surface area contributed by atoms with Gasteiger partial charge in [0.2, 0.25) is 0 Å². The zero-order valence-electron chi connectivity index (χ0n) is 22.6. The zero-order valence-corrected chi connectivity index (χ0v) is 22.6. The number of ether oxygens (including phenoxy) is 2. The second-order valence-corrected chi connectivity index (χ2v) is 9.83. The van der Waals surface area contributed by atoms with Crippen LogP contribution in [0.3, 0.4) is 0 Å². The number of anilines is 2. The highest BCUT2D eigenvalue weighted by Crippen LogP contribution is 2.31. The number of hydrogen-bond acceptors (Lipinski definition) is 7. The van der Waals surface area contributed by atoms with Gasteiger partial charge in [0.05, 0.1) is 36.8 Å². The third-order valence-corrected chi connectivity index (χ3v) is 7.29. The van der Waals surface area contributed by atoms with Crippen LogP contribution in [0.2, 0.25) is 0 Å². The zero-order chi connectivity index (χ0) is 27.2. The summed E-state index contributed by atoms with van der Waals surface area (Å²) in [5.41, 5.74) is 3.54. The lowest BCUT2D eigenvalue weighted by Gasteiger charge is -2.32. The summed E-state index contributed by atoms with van der Waals surface area (Å²) < 4.78 is 10.8. The molecule has 0 spiro atoms. The van der Waals surface area contributed by atoms with E-state index in [1.807, 2.05) is 25.1 Å². The Morgan fingerprint density at radius 1 is 1.15 bits per heavy atom. The third kappa shape index (κ3) is 6.29. The second kappa shape index (κ2) is 12.1. The van der Waals surface area contributed by atoms with Crippen LogP contribution in [0.4, 0.5) is 11.5 Å². The van der Waals surface area contributed by atoms with Crippen LogP contribution < -0.4 is 15.6 Å². The summed E-state index contributed by atoms with van der Waals surface area (Å²) in [4.78, 5) is 27.1. The molecule has 8 heteroatoms. The number of methoxy groups -OCH3 is 1. The van der Waals surface area contributed by atoms with Gasteiger partial charge in [0.1, 0.15) is 11.6 Å². The van der Waals surface area contributed by atoms with Gasteiger partial charge in [0.15, 0.2) is 0 Å². The van der Waals surface area contributed by atoms with Gasteiger partial charge in [-0.25, -0.2) is 4.98 Å². The lowest BCUT2D eigenvalue weighted by Crippen LogP contribution is -2.33. The molecular weight excluding hydrogens is 490 g/mol. The van der Waals surface area contributed by atoms with Crippen LogP contribution in [0.1, 0.15) is 37.7 Å². The number of fused-ring (bicyclic) bond motifs is 1. The van der Waals surface area contributed by atoms with Crippen molar-refractivity contribution in [2.24, 2.45) is 0 Å². The van der Waals surface area contributed by atoms with Crippen molar-refractivity contribution in [3.05, 3.63) is 89.3 Å². The van der Waals surface area contributed by atoms with Gasteiger partial charge in [-0.15, -0.1) is 0 Å². The number of nitrogens with zero attached hydrogens (tertiary/aromatic N) is 3. The molecule has 39 heavy (non-hydrogen) atoms. The van der Waals surface area contributed by atoms with Crippen molar-refractivity contribution in [1.29, 1.82) is 0 Å². The smallest absolute Gasteiger partial charge is 0.259 e. The number of likely N-dealkylation sites (tertiary alicyclic amines) is 1. The molecule has 0 atom stereocenters. The molecule has 0 radical (unpaired) electrons. The molecule has 1 aliphatic rings. The molecule has 0 unspecified atom stereocenters. The minimum Gasteiger partial charge on any atom is -0.499 e. The third-order valence-electron chi connectivity index (χ3n) is 7.29. The Morgan fingerprint density at radius 3 is 2.69 bits per heavy atom. The second-order valence-electron chi connectivity index (χ2n) is 9.83. The maximum Gasteiger partial charge on any atom is 0.259 e. The van der Waals surface area contributed by atoms with Crippen LogP contribution in [0.15, 0.2) is 78.2 Å². The fourth-order valence-corrected chi connectivity index (χ4v) is 5.15. The normalized spacial score (nSPS) is 14.3. The maximum atomic E-state index is 12.8. The summed E-state index contributed by atoms with van der Waals surface area (Å²) >= 11 is 0. The molecule has 3 aromatic heterocycles. The molecule has 0 bridgehead atoms. The summed E-state index contributed by atoms with van der Waals surface area (Å²) in [6, 6.07) is 14.2. The maximum absolute atomic E-state index is 12.8. The van der Waals surface area contributed by atoms with E-state index >= 15 is 0 Å². The Bertz CT molecular complexity index is 1490. The molecule has 1 fully saturated rings. The van der Waals surface area contributed by atoms with E-state index < -0.39 is 0 Å². The fraction of sp³-hybridized carbons (Fsp3) is 0.323. The first kappa shape index (κ1) is 26.4. The van der Waals surface area contributed by atoms with Gasteiger partial charge in [-0.05, 0) is 80.1 Å². The average Bonchev–Trinajstić information content (AvgIpc) is 2.97. The van der Waals surface area contributed by atoms with Crippen LogP contribution >= 0.6 is 0 Å². The van der Waals surface area contributed by atoms with E-state index in [-0.39, 0.29) is 5.56 Å². The van der Waals surface area contributed by atoms with E-state index in [0.717, 1.165) is 61.3 Å². The summed E-state index contributed by atoms with van der Waals surface area (Å²) in [5, 5.41) is 4.70. The monoisotopic (exact) mass is 525 g/mol. The van der Waals surface area contributed by atoms with Gasteiger partial charge in [-0.3, -0.25) is 9.78 Å². The van der Waals surface area contributed by atoms with Crippen molar-refractivity contribution in [3.63, 3.8) is 0 Å². The number of aromatic amines is 1. The van der Waals surface area contributed by atoms with Gasteiger partial charge < -0.3 is 24.7 Å². The molecule has 4 aromatic rings. The van der Waals surface area contributed by atoms with Gasteiger partial charge in [0.25, 0.3) is 5.56 Å². The number of piperidine rings is 1.